The Morgan fingerprint density at radius 3 is 2.53 bits per heavy atom. The van der Waals surface area contributed by atoms with E-state index in [0.717, 1.165) is 5.56 Å². The summed E-state index contributed by atoms with van der Waals surface area (Å²) in [6.07, 6.45) is 2.06. The minimum Gasteiger partial charge on any atom is -0.504 e. The molecule has 0 atom stereocenters. The number of benzene rings is 1. The number of aliphatic hydroxyl groups excluding tert-OH is 1. The Hall–Kier alpha value is -2.03. The number of rotatable bonds is 5. The van der Waals surface area contributed by atoms with Crippen LogP contribution < -0.4 is 0 Å². The molecule has 3 nitrogen and oxygen atoms in total. The molecule has 1 rings (SSSR count). The zero-order valence-corrected chi connectivity index (χ0v) is 10.0. The lowest BCUT2D eigenvalue weighted by molar-refractivity contribution is -0.104. The van der Waals surface area contributed by atoms with Crippen molar-refractivity contribution in [1.29, 1.82) is 0 Å². The summed E-state index contributed by atoms with van der Waals surface area (Å²) in [5, 5.41) is 9.62. The highest BCUT2D eigenvalue weighted by atomic mass is 16.5. The maximum absolute atomic E-state index is 10.4. The molecule has 0 fully saturated rings. The van der Waals surface area contributed by atoms with Crippen LogP contribution in [0.15, 0.2) is 53.5 Å². The monoisotopic (exact) mass is 232 g/mol. The van der Waals surface area contributed by atoms with Gasteiger partial charge >= 0.3 is 0 Å². The molecule has 90 valence electrons. The molecule has 0 aliphatic rings. The number of ether oxygens (including phenoxy) is 1. The van der Waals surface area contributed by atoms with Gasteiger partial charge in [-0.3, -0.25) is 4.79 Å². The van der Waals surface area contributed by atoms with E-state index < -0.39 is 0 Å². The SMILES string of the molecule is C/C(OCc1ccccc1)=C(O)\C=C(/C)C=O. The minimum absolute atomic E-state index is 0.0227. The fourth-order valence-electron chi connectivity index (χ4n) is 1.19. The van der Waals surface area contributed by atoms with Crippen molar-refractivity contribution in [3.8, 4) is 0 Å². The molecule has 1 aromatic rings. The largest absolute Gasteiger partial charge is 0.504 e. The Morgan fingerprint density at radius 1 is 1.29 bits per heavy atom. The smallest absolute Gasteiger partial charge is 0.153 e. The number of carbonyl (C=O) groups is 1. The number of allylic oxidation sites excluding steroid dienone is 3. The first-order chi connectivity index (χ1) is 8.13. The highest BCUT2D eigenvalue weighted by Gasteiger charge is 2.00. The summed E-state index contributed by atoms with van der Waals surface area (Å²) in [6.45, 7) is 3.67. The second kappa shape index (κ2) is 6.53. The van der Waals surface area contributed by atoms with Crippen molar-refractivity contribution >= 4 is 6.29 Å². The molecule has 1 N–H and O–H groups in total. The Labute approximate surface area is 101 Å². The Kier molecular flexibility index (Phi) is 5.01. The summed E-state index contributed by atoms with van der Waals surface area (Å²) >= 11 is 0. The second-order valence-electron chi connectivity index (χ2n) is 3.72. The van der Waals surface area contributed by atoms with E-state index in [-0.39, 0.29) is 5.76 Å². The van der Waals surface area contributed by atoms with E-state index in [1.807, 2.05) is 30.3 Å². The highest BCUT2D eigenvalue weighted by Crippen LogP contribution is 2.10. The van der Waals surface area contributed by atoms with E-state index in [4.69, 9.17) is 4.74 Å². The van der Waals surface area contributed by atoms with Crippen molar-refractivity contribution in [3.63, 3.8) is 0 Å². The van der Waals surface area contributed by atoms with Gasteiger partial charge < -0.3 is 9.84 Å². The van der Waals surface area contributed by atoms with Crippen LogP contribution in [0.3, 0.4) is 0 Å². The third kappa shape index (κ3) is 4.55. The third-order valence-corrected chi connectivity index (χ3v) is 2.21. The van der Waals surface area contributed by atoms with Crippen LogP contribution in [-0.4, -0.2) is 11.4 Å². The van der Waals surface area contributed by atoms with Crippen molar-refractivity contribution in [1.82, 2.24) is 0 Å². The summed E-state index contributed by atoms with van der Waals surface area (Å²) < 4.78 is 5.40. The van der Waals surface area contributed by atoms with Crippen LogP contribution in [0, 0.1) is 0 Å². The standard InChI is InChI=1S/C14H16O3/c1-11(9-15)8-14(16)12(2)17-10-13-6-4-3-5-7-13/h3-9,16H,10H2,1-2H3/b11-8+,14-12-. The minimum atomic E-state index is -0.0227. The van der Waals surface area contributed by atoms with E-state index in [1.54, 1.807) is 13.8 Å². The Morgan fingerprint density at radius 2 is 1.94 bits per heavy atom. The topological polar surface area (TPSA) is 46.5 Å². The van der Waals surface area contributed by atoms with Crippen LogP contribution in [-0.2, 0) is 16.1 Å². The molecule has 0 unspecified atom stereocenters. The molecule has 0 saturated heterocycles. The Balaban J connectivity index is 2.63. The number of aliphatic hydroxyl groups is 1. The lowest BCUT2D eigenvalue weighted by Crippen LogP contribution is -1.94. The first-order valence-electron chi connectivity index (χ1n) is 5.33. The van der Waals surface area contributed by atoms with E-state index in [1.165, 1.54) is 6.08 Å². The molecular formula is C14H16O3. The van der Waals surface area contributed by atoms with Crippen LogP contribution in [0.5, 0.6) is 0 Å². The van der Waals surface area contributed by atoms with E-state index in [0.29, 0.717) is 24.2 Å². The van der Waals surface area contributed by atoms with Gasteiger partial charge in [-0.2, -0.15) is 0 Å². The highest BCUT2D eigenvalue weighted by molar-refractivity contribution is 5.72. The van der Waals surface area contributed by atoms with Gasteiger partial charge in [0, 0.05) is 0 Å². The molecule has 0 radical (unpaired) electrons. The second-order valence-corrected chi connectivity index (χ2v) is 3.72. The van der Waals surface area contributed by atoms with E-state index >= 15 is 0 Å². The normalized spacial score (nSPS) is 12.9. The molecule has 0 aliphatic carbocycles. The maximum atomic E-state index is 10.4. The summed E-state index contributed by atoms with van der Waals surface area (Å²) in [5.74, 6) is 0.376. The van der Waals surface area contributed by atoms with Crippen molar-refractivity contribution in [3.05, 3.63) is 59.1 Å². The molecular weight excluding hydrogens is 216 g/mol. The van der Waals surface area contributed by atoms with Crippen LogP contribution in [0.1, 0.15) is 19.4 Å². The molecule has 1 aromatic carbocycles. The van der Waals surface area contributed by atoms with E-state index in [2.05, 4.69) is 0 Å². The maximum Gasteiger partial charge on any atom is 0.153 e. The quantitative estimate of drug-likeness (QED) is 0.367. The van der Waals surface area contributed by atoms with Gasteiger partial charge in [-0.25, -0.2) is 0 Å². The molecule has 0 aromatic heterocycles. The van der Waals surface area contributed by atoms with Gasteiger partial charge in [-0.1, -0.05) is 30.3 Å². The first-order valence-corrected chi connectivity index (χ1v) is 5.33. The zero-order chi connectivity index (χ0) is 12.7. The molecule has 0 bridgehead atoms. The van der Waals surface area contributed by atoms with Gasteiger partial charge in [0.2, 0.25) is 0 Å². The lowest BCUT2D eigenvalue weighted by atomic mass is 10.2. The zero-order valence-electron chi connectivity index (χ0n) is 10.0. The van der Waals surface area contributed by atoms with Crippen LogP contribution in [0.2, 0.25) is 0 Å². The van der Waals surface area contributed by atoms with Crippen molar-refractivity contribution < 1.29 is 14.6 Å². The van der Waals surface area contributed by atoms with Gasteiger partial charge in [-0.15, -0.1) is 0 Å². The van der Waals surface area contributed by atoms with Crippen LogP contribution in [0.4, 0.5) is 0 Å². The molecule has 0 spiro atoms. The predicted octanol–water partition coefficient (Wildman–Crippen LogP) is 3.14. The van der Waals surface area contributed by atoms with Gasteiger partial charge in [-0.05, 0) is 31.1 Å². The fraction of sp³-hybridized carbons (Fsp3) is 0.214. The summed E-state index contributed by atoms with van der Waals surface area (Å²) in [7, 11) is 0. The van der Waals surface area contributed by atoms with Crippen molar-refractivity contribution in [2.45, 2.75) is 20.5 Å². The molecule has 0 amide bonds. The van der Waals surface area contributed by atoms with Crippen molar-refractivity contribution in [2.75, 3.05) is 0 Å². The van der Waals surface area contributed by atoms with Gasteiger partial charge in [0.25, 0.3) is 0 Å². The van der Waals surface area contributed by atoms with E-state index in [9.17, 15) is 9.90 Å². The number of hydrogen-bond acceptors (Lipinski definition) is 3. The summed E-state index contributed by atoms with van der Waals surface area (Å²) in [4.78, 5) is 10.4. The number of carbonyl (C=O) groups excluding carboxylic acids is 1. The summed E-state index contributed by atoms with van der Waals surface area (Å²) in [5.41, 5.74) is 1.47. The van der Waals surface area contributed by atoms with Crippen molar-refractivity contribution in [2.24, 2.45) is 0 Å². The van der Waals surface area contributed by atoms with Gasteiger partial charge in [0.1, 0.15) is 18.7 Å². The van der Waals surface area contributed by atoms with Crippen LogP contribution in [0.25, 0.3) is 0 Å². The number of aldehydes is 1. The third-order valence-electron chi connectivity index (χ3n) is 2.21. The van der Waals surface area contributed by atoms with Gasteiger partial charge in [0.15, 0.2) is 5.76 Å². The average molecular weight is 232 g/mol. The average Bonchev–Trinajstić information content (AvgIpc) is 2.36. The molecule has 3 heteroatoms. The number of hydrogen-bond donors (Lipinski definition) is 1. The van der Waals surface area contributed by atoms with Crippen LogP contribution >= 0.6 is 0 Å². The molecule has 17 heavy (non-hydrogen) atoms. The lowest BCUT2D eigenvalue weighted by Gasteiger charge is -2.07. The predicted molar refractivity (Wildman–Crippen MR) is 66.4 cm³/mol. The summed E-state index contributed by atoms with van der Waals surface area (Å²) in [6, 6.07) is 9.66. The molecule has 0 saturated carbocycles. The Bertz CT molecular complexity index is 430. The fourth-order valence-corrected chi connectivity index (χ4v) is 1.19. The molecule has 0 aliphatic heterocycles. The first kappa shape index (κ1) is 13.0. The van der Waals surface area contributed by atoms with Gasteiger partial charge in [0.05, 0.1) is 0 Å². The molecule has 0 heterocycles.